The molecule has 2 fully saturated rings. The van der Waals surface area contributed by atoms with Crippen molar-refractivity contribution < 1.29 is 32.2 Å². The lowest BCUT2D eigenvalue weighted by atomic mass is 10.00. The number of hydrogen-bond acceptors (Lipinski definition) is 6. The molecular weight excluding hydrogens is 405 g/mol. The zero-order chi connectivity index (χ0) is 21.4. The molecule has 1 atom stereocenters. The Morgan fingerprint density at radius 3 is 2.50 bits per heavy atom. The number of amides is 2. The molecule has 3 heterocycles. The van der Waals surface area contributed by atoms with Crippen LogP contribution in [0, 0.1) is 5.82 Å². The normalized spacial score (nSPS) is 24.0. The number of rotatable bonds is 2. The molecule has 1 aromatic heterocycles. The minimum absolute atomic E-state index is 0.0855. The quantitative estimate of drug-likeness (QED) is 0.729. The molecule has 1 aromatic carbocycles. The number of benzene rings is 1. The summed E-state index contributed by atoms with van der Waals surface area (Å²) in [6.07, 6.45) is -0.247. The molecule has 0 aliphatic carbocycles. The van der Waals surface area contributed by atoms with Crippen LogP contribution in [0.15, 0.2) is 43.0 Å². The molecule has 0 N–H and O–H groups in total. The maximum atomic E-state index is 14.6. The second kappa shape index (κ2) is 7.65. The molecule has 11 heteroatoms. The summed E-state index contributed by atoms with van der Waals surface area (Å²) >= 11 is 0. The fourth-order valence-corrected chi connectivity index (χ4v) is 3.52. The van der Waals surface area contributed by atoms with Crippen LogP contribution in [0.25, 0.3) is 0 Å². The van der Waals surface area contributed by atoms with E-state index in [1.54, 1.807) is 0 Å². The predicted molar refractivity (Wildman–Crippen MR) is 96.3 cm³/mol. The minimum atomic E-state index is -4.15. The minimum Gasteiger partial charge on any atom is -0.376 e. The number of anilines is 1. The molecular formula is C19H17F3N4O4. The monoisotopic (exact) mass is 422 g/mol. The van der Waals surface area contributed by atoms with Gasteiger partial charge in [-0.25, -0.2) is 14.4 Å². The van der Waals surface area contributed by atoms with E-state index >= 15 is 0 Å². The Balaban J connectivity index is 1.65. The number of ether oxygens (including phenoxy) is 2. The van der Waals surface area contributed by atoms with Crippen LogP contribution < -0.4 is 4.90 Å². The van der Waals surface area contributed by atoms with E-state index < -0.39 is 29.3 Å². The van der Waals surface area contributed by atoms with Crippen molar-refractivity contribution in [3.8, 4) is 0 Å². The summed E-state index contributed by atoms with van der Waals surface area (Å²) in [7, 11) is 0. The van der Waals surface area contributed by atoms with Gasteiger partial charge in [-0.3, -0.25) is 14.3 Å². The van der Waals surface area contributed by atoms with E-state index in [0.717, 1.165) is 17.0 Å². The summed E-state index contributed by atoms with van der Waals surface area (Å²) in [5.74, 6) is -2.61. The Labute approximate surface area is 169 Å². The van der Waals surface area contributed by atoms with Crippen molar-refractivity contribution >= 4 is 17.5 Å². The first-order chi connectivity index (χ1) is 14.3. The fraction of sp³-hybridized carbons (Fsp3) is 0.368. The van der Waals surface area contributed by atoms with Gasteiger partial charge in [0.25, 0.3) is 5.91 Å². The SMILES string of the molecule is O=C(c1cncnc1)N1CCOCC2(C1)CN(c1ccc(F)cc1)C(=O)C(F)(F)O2. The van der Waals surface area contributed by atoms with E-state index in [0.29, 0.717) is 0 Å². The lowest BCUT2D eigenvalue weighted by Gasteiger charge is -2.45. The van der Waals surface area contributed by atoms with Gasteiger partial charge in [-0.2, -0.15) is 8.78 Å². The molecule has 1 spiro atoms. The maximum absolute atomic E-state index is 14.6. The number of alkyl halides is 2. The summed E-state index contributed by atoms with van der Waals surface area (Å²) < 4.78 is 52.8. The summed E-state index contributed by atoms with van der Waals surface area (Å²) in [5, 5.41) is 0. The van der Waals surface area contributed by atoms with Crippen molar-refractivity contribution in [2.75, 3.05) is 37.7 Å². The molecule has 1 unspecified atom stereocenters. The van der Waals surface area contributed by atoms with E-state index in [1.165, 1.54) is 35.8 Å². The van der Waals surface area contributed by atoms with Crippen molar-refractivity contribution in [1.82, 2.24) is 14.9 Å². The molecule has 2 aliphatic rings. The van der Waals surface area contributed by atoms with Crippen molar-refractivity contribution in [2.24, 2.45) is 0 Å². The molecule has 0 bridgehead atoms. The largest absolute Gasteiger partial charge is 0.437 e. The molecule has 0 radical (unpaired) electrons. The first kappa shape index (κ1) is 20.2. The number of nitrogens with zero attached hydrogens (tertiary/aromatic N) is 4. The van der Waals surface area contributed by atoms with Crippen molar-refractivity contribution in [1.29, 1.82) is 0 Å². The van der Waals surface area contributed by atoms with Crippen LogP contribution in [0.5, 0.6) is 0 Å². The van der Waals surface area contributed by atoms with Crippen molar-refractivity contribution in [3.05, 3.63) is 54.4 Å². The van der Waals surface area contributed by atoms with Gasteiger partial charge in [-0.05, 0) is 24.3 Å². The third-order valence-corrected chi connectivity index (χ3v) is 4.87. The van der Waals surface area contributed by atoms with Gasteiger partial charge in [-0.1, -0.05) is 0 Å². The van der Waals surface area contributed by atoms with Gasteiger partial charge in [0.1, 0.15) is 17.7 Å². The van der Waals surface area contributed by atoms with Gasteiger partial charge in [0.05, 0.1) is 31.9 Å². The number of halogens is 3. The number of carbonyl (C=O) groups is 2. The van der Waals surface area contributed by atoms with Crippen LogP contribution in [0.2, 0.25) is 0 Å². The zero-order valence-corrected chi connectivity index (χ0v) is 15.6. The first-order valence-corrected chi connectivity index (χ1v) is 9.07. The number of hydrogen-bond donors (Lipinski definition) is 0. The lowest BCUT2D eigenvalue weighted by molar-refractivity contribution is -0.293. The molecule has 30 heavy (non-hydrogen) atoms. The highest BCUT2D eigenvalue weighted by Crippen LogP contribution is 2.37. The summed E-state index contributed by atoms with van der Waals surface area (Å²) in [6.45, 7) is -0.582. The fourth-order valence-electron chi connectivity index (χ4n) is 3.52. The summed E-state index contributed by atoms with van der Waals surface area (Å²) in [6, 6.07) is 4.59. The van der Waals surface area contributed by atoms with Gasteiger partial charge in [-0.15, -0.1) is 0 Å². The molecule has 4 rings (SSSR count). The van der Waals surface area contributed by atoms with Crippen LogP contribution in [0.3, 0.4) is 0 Å². The molecule has 158 valence electrons. The van der Waals surface area contributed by atoms with Crippen LogP contribution >= 0.6 is 0 Å². The standard InChI is InChI=1S/C19H17F3N4O4/c20-14-1-3-15(4-2-14)26-10-18(30-19(21,22)17(26)28)9-25(5-6-29-11-18)16(27)13-7-23-12-24-8-13/h1-4,7-8,12H,5-6,9-11H2. The van der Waals surface area contributed by atoms with Crippen LogP contribution in [0.4, 0.5) is 18.9 Å². The molecule has 2 aliphatic heterocycles. The van der Waals surface area contributed by atoms with Gasteiger partial charge in [0.15, 0.2) is 0 Å². The summed E-state index contributed by atoms with van der Waals surface area (Å²) in [5.41, 5.74) is -1.42. The van der Waals surface area contributed by atoms with Gasteiger partial charge in [0.2, 0.25) is 0 Å². The Morgan fingerprint density at radius 2 is 1.80 bits per heavy atom. The predicted octanol–water partition coefficient (Wildman–Crippen LogP) is 1.48. The second-order valence-electron chi connectivity index (χ2n) is 7.08. The van der Waals surface area contributed by atoms with E-state index in [1.807, 2.05) is 0 Å². The lowest BCUT2D eigenvalue weighted by Crippen LogP contribution is -2.66. The van der Waals surface area contributed by atoms with Crippen LogP contribution in [0.1, 0.15) is 10.4 Å². The van der Waals surface area contributed by atoms with Gasteiger partial charge >= 0.3 is 12.0 Å². The average Bonchev–Trinajstić information content (AvgIpc) is 2.94. The third kappa shape index (κ3) is 3.85. The van der Waals surface area contributed by atoms with Gasteiger partial charge < -0.3 is 14.5 Å². The Bertz CT molecular complexity index is 945. The Morgan fingerprint density at radius 1 is 1.10 bits per heavy atom. The zero-order valence-electron chi connectivity index (χ0n) is 15.6. The highest BCUT2D eigenvalue weighted by molar-refractivity contribution is 5.98. The molecule has 8 nitrogen and oxygen atoms in total. The average molecular weight is 422 g/mol. The highest BCUT2D eigenvalue weighted by Gasteiger charge is 2.58. The third-order valence-electron chi connectivity index (χ3n) is 4.87. The highest BCUT2D eigenvalue weighted by atomic mass is 19.3. The van der Waals surface area contributed by atoms with E-state index in [9.17, 15) is 22.8 Å². The molecule has 2 aromatic rings. The number of morpholine rings is 1. The second-order valence-corrected chi connectivity index (χ2v) is 7.08. The summed E-state index contributed by atoms with van der Waals surface area (Å²) in [4.78, 5) is 34.8. The molecule has 2 amide bonds. The van der Waals surface area contributed by atoms with Crippen LogP contribution in [-0.2, 0) is 14.3 Å². The van der Waals surface area contributed by atoms with Crippen molar-refractivity contribution in [3.63, 3.8) is 0 Å². The first-order valence-electron chi connectivity index (χ1n) is 9.07. The Hall–Kier alpha value is -3.05. The Kier molecular flexibility index (Phi) is 5.16. The van der Waals surface area contributed by atoms with Crippen LogP contribution in [-0.4, -0.2) is 71.2 Å². The van der Waals surface area contributed by atoms with Gasteiger partial charge in [0, 0.05) is 24.6 Å². The van der Waals surface area contributed by atoms with E-state index in [2.05, 4.69) is 9.97 Å². The number of aromatic nitrogens is 2. The molecule has 0 saturated carbocycles. The van der Waals surface area contributed by atoms with Crippen molar-refractivity contribution in [2.45, 2.75) is 11.7 Å². The topological polar surface area (TPSA) is 84.9 Å². The van der Waals surface area contributed by atoms with E-state index in [-0.39, 0.29) is 44.1 Å². The maximum Gasteiger partial charge on any atom is 0.437 e. The van der Waals surface area contributed by atoms with E-state index in [4.69, 9.17) is 9.47 Å². The number of carbonyl (C=O) groups excluding carboxylic acids is 2. The smallest absolute Gasteiger partial charge is 0.376 e. The molecule has 2 saturated heterocycles.